The molecule has 1 aromatic heterocycles. The molecule has 0 spiro atoms. The molecule has 9 heteroatoms. The van der Waals surface area contributed by atoms with Gasteiger partial charge in [-0.15, -0.1) is 0 Å². The molecule has 31 heavy (non-hydrogen) atoms. The zero-order valence-electron chi connectivity index (χ0n) is 17.6. The average Bonchev–Trinajstić information content (AvgIpc) is 3.10. The highest BCUT2D eigenvalue weighted by molar-refractivity contribution is 7.16. The molecule has 1 heterocycles. The fraction of sp³-hybridized carbons (Fsp3) is 0.364. The predicted molar refractivity (Wildman–Crippen MR) is 120 cm³/mol. The van der Waals surface area contributed by atoms with Gasteiger partial charge in [0.25, 0.3) is 11.6 Å². The van der Waals surface area contributed by atoms with Crippen LogP contribution in [-0.4, -0.2) is 35.2 Å². The summed E-state index contributed by atoms with van der Waals surface area (Å²) < 4.78 is 13.6. The number of ether oxygens (including phenoxy) is 2. The lowest BCUT2D eigenvalue weighted by molar-refractivity contribution is -0.384. The van der Waals surface area contributed by atoms with Gasteiger partial charge >= 0.3 is 0 Å². The molecule has 0 aliphatic heterocycles. The number of unbranched alkanes of at least 4 members (excludes halogenated alkanes) is 1. The SMILES string of the molecule is CCCCOc1ccc(C(=O)N=c2sc3cc([N+](=O)[O-])ccc3n2CCOCC)cc1. The Morgan fingerprint density at radius 1 is 1.16 bits per heavy atom. The molecule has 0 radical (unpaired) electrons. The topological polar surface area (TPSA) is 96.0 Å². The third kappa shape index (κ3) is 5.77. The van der Waals surface area contributed by atoms with Crippen molar-refractivity contribution in [2.45, 2.75) is 33.2 Å². The predicted octanol–water partition coefficient (Wildman–Crippen LogP) is 4.57. The smallest absolute Gasteiger partial charge is 0.279 e. The lowest BCUT2D eigenvalue weighted by atomic mass is 10.2. The summed E-state index contributed by atoms with van der Waals surface area (Å²) in [6.07, 6.45) is 2.03. The first kappa shape index (κ1) is 22.6. The molecule has 0 bridgehead atoms. The summed E-state index contributed by atoms with van der Waals surface area (Å²) >= 11 is 1.24. The van der Waals surface area contributed by atoms with E-state index in [-0.39, 0.29) is 11.6 Å². The molecule has 0 N–H and O–H groups in total. The largest absolute Gasteiger partial charge is 0.494 e. The van der Waals surface area contributed by atoms with Crippen molar-refractivity contribution >= 4 is 33.1 Å². The highest BCUT2D eigenvalue weighted by Crippen LogP contribution is 2.23. The molecule has 2 aromatic carbocycles. The Kier molecular flexibility index (Phi) is 7.91. The number of thiazole rings is 1. The van der Waals surface area contributed by atoms with Crippen molar-refractivity contribution in [2.24, 2.45) is 4.99 Å². The number of nitrogens with zero attached hydrogens (tertiary/aromatic N) is 3. The van der Waals surface area contributed by atoms with E-state index < -0.39 is 4.92 Å². The quantitative estimate of drug-likeness (QED) is 0.260. The molecule has 0 aliphatic rings. The van der Waals surface area contributed by atoms with Gasteiger partial charge in [-0.3, -0.25) is 14.9 Å². The number of carbonyl (C=O) groups excluding carboxylic acids is 1. The molecular formula is C22H25N3O5S. The molecule has 164 valence electrons. The third-order valence-electron chi connectivity index (χ3n) is 4.61. The van der Waals surface area contributed by atoms with Crippen LogP contribution in [0.2, 0.25) is 0 Å². The summed E-state index contributed by atoms with van der Waals surface area (Å²) in [5.41, 5.74) is 1.23. The molecule has 0 saturated heterocycles. The van der Waals surface area contributed by atoms with Crippen LogP contribution in [0.5, 0.6) is 5.75 Å². The van der Waals surface area contributed by atoms with Crippen LogP contribution in [0.4, 0.5) is 5.69 Å². The lowest BCUT2D eigenvalue weighted by Gasteiger charge is -2.06. The summed E-state index contributed by atoms with van der Waals surface area (Å²) in [5.74, 6) is 0.331. The highest BCUT2D eigenvalue weighted by Gasteiger charge is 2.13. The van der Waals surface area contributed by atoms with Crippen LogP contribution in [0.15, 0.2) is 47.5 Å². The summed E-state index contributed by atoms with van der Waals surface area (Å²) in [6.45, 7) is 6.16. The minimum Gasteiger partial charge on any atom is -0.494 e. The lowest BCUT2D eigenvalue weighted by Crippen LogP contribution is -2.19. The van der Waals surface area contributed by atoms with Gasteiger partial charge < -0.3 is 14.0 Å². The molecule has 0 atom stereocenters. The molecular weight excluding hydrogens is 418 g/mol. The van der Waals surface area contributed by atoms with Gasteiger partial charge in [-0.05, 0) is 43.7 Å². The number of aromatic nitrogens is 1. The van der Waals surface area contributed by atoms with Crippen LogP contribution < -0.4 is 9.54 Å². The van der Waals surface area contributed by atoms with Crippen LogP contribution in [0.25, 0.3) is 10.2 Å². The van der Waals surface area contributed by atoms with E-state index in [1.54, 1.807) is 30.3 Å². The minimum atomic E-state index is -0.435. The normalized spacial score (nSPS) is 11.7. The van der Waals surface area contributed by atoms with Crippen molar-refractivity contribution in [3.8, 4) is 5.75 Å². The minimum absolute atomic E-state index is 0.00208. The number of fused-ring (bicyclic) bond motifs is 1. The first-order valence-electron chi connectivity index (χ1n) is 10.2. The van der Waals surface area contributed by atoms with Crippen LogP contribution in [0.1, 0.15) is 37.0 Å². The first-order chi connectivity index (χ1) is 15.0. The van der Waals surface area contributed by atoms with E-state index in [1.165, 1.54) is 23.5 Å². The summed E-state index contributed by atoms with van der Waals surface area (Å²) in [5, 5.41) is 11.1. The van der Waals surface area contributed by atoms with E-state index in [1.807, 2.05) is 11.5 Å². The first-order valence-corrected chi connectivity index (χ1v) is 11.0. The zero-order valence-corrected chi connectivity index (χ0v) is 18.4. The summed E-state index contributed by atoms with van der Waals surface area (Å²) in [7, 11) is 0. The summed E-state index contributed by atoms with van der Waals surface area (Å²) in [6, 6.07) is 11.5. The molecule has 0 fully saturated rings. The Morgan fingerprint density at radius 3 is 2.61 bits per heavy atom. The van der Waals surface area contributed by atoms with Gasteiger partial charge in [0.05, 0.1) is 28.4 Å². The molecule has 0 saturated carbocycles. The second-order valence-corrected chi connectivity index (χ2v) is 7.79. The Labute approximate surface area is 183 Å². The molecule has 0 unspecified atom stereocenters. The highest BCUT2D eigenvalue weighted by atomic mass is 32.1. The van der Waals surface area contributed by atoms with Crippen molar-refractivity contribution in [3.05, 3.63) is 62.9 Å². The molecule has 3 rings (SSSR count). The second kappa shape index (κ2) is 10.8. The van der Waals surface area contributed by atoms with E-state index in [4.69, 9.17) is 9.47 Å². The van der Waals surface area contributed by atoms with Crippen LogP contribution in [-0.2, 0) is 11.3 Å². The number of non-ortho nitro benzene ring substituents is 1. The van der Waals surface area contributed by atoms with E-state index in [0.29, 0.717) is 47.2 Å². The number of amides is 1. The van der Waals surface area contributed by atoms with Gasteiger partial charge in [0.2, 0.25) is 0 Å². The number of rotatable bonds is 10. The van der Waals surface area contributed by atoms with Gasteiger partial charge in [0, 0.05) is 30.8 Å². The maximum absolute atomic E-state index is 12.8. The standard InChI is InChI=1S/C22H25N3O5S/c1-3-5-13-30-18-9-6-16(7-10-18)21(26)23-22-24(12-14-29-4-2)19-11-8-17(25(27)28)15-20(19)31-22/h6-11,15H,3-5,12-14H2,1-2H3. The molecule has 1 amide bonds. The number of nitro benzene ring substituents is 1. The van der Waals surface area contributed by atoms with Gasteiger partial charge in [-0.1, -0.05) is 24.7 Å². The van der Waals surface area contributed by atoms with Gasteiger partial charge in [0.1, 0.15) is 5.75 Å². The Hall–Kier alpha value is -3.04. The number of hydrogen-bond acceptors (Lipinski definition) is 6. The maximum Gasteiger partial charge on any atom is 0.279 e. The average molecular weight is 444 g/mol. The fourth-order valence-electron chi connectivity index (χ4n) is 2.96. The van der Waals surface area contributed by atoms with Gasteiger partial charge in [-0.2, -0.15) is 4.99 Å². The van der Waals surface area contributed by atoms with E-state index in [2.05, 4.69) is 11.9 Å². The number of hydrogen-bond donors (Lipinski definition) is 0. The monoisotopic (exact) mass is 443 g/mol. The molecule has 0 aliphatic carbocycles. The third-order valence-corrected chi connectivity index (χ3v) is 5.65. The molecule has 3 aromatic rings. The van der Waals surface area contributed by atoms with E-state index in [0.717, 1.165) is 18.4 Å². The Balaban J connectivity index is 1.92. The number of carbonyl (C=O) groups is 1. The van der Waals surface area contributed by atoms with E-state index in [9.17, 15) is 14.9 Å². The number of nitro groups is 1. The Bertz CT molecular complexity index is 1120. The van der Waals surface area contributed by atoms with Crippen LogP contribution >= 0.6 is 11.3 Å². The van der Waals surface area contributed by atoms with Gasteiger partial charge in [-0.25, -0.2) is 0 Å². The zero-order chi connectivity index (χ0) is 22.2. The van der Waals surface area contributed by atoms with Crippen LogP contribution in [0, 0.1) is 10.1 Å². The van der Waals surface area contributed by atoms with Gasteiger partial charge in [0.15, 0.2) is 4.80 Å². The summed E-state index contributed by atoms with van der Waals surface area (Å²) in [4.78, 5) is 28.2. The van der Waals surface area contributed by atoms with Crippen molar-refractivity contribution in [2.75, 3.05) is 19.8 Å². The van der Waals surface area contributed by atoms with Crippen molar-refractivity contribution in [1.29, 1.82) is 0 Å². The van der Waals surface area contributed by atoms with Crippen molar-refractivity contribution < 1.29 is 19.2 Å². The van der Waals surface area contributed by atoms with Crippen molar-refractivity contribution in [3.63, 3.8) is 0 Å². The van der Waals surface area contributed by atoms with E-state index >= 15 is 0 Å². The number of benzene rings is 2. The molecule has 8 nitrogen and oxygen atoms in total. The van der Waals surface area contributed by atoms with Crippen molar-refractivity contribution in [1.82, 2.24) is 4.57 Å². The van der Waals surface area contributed by atoms with Crippen LogP contribution in [0.3, 0.4) is 0 Å². The fourth-order valence-corrected chi connectivity index (χ4v) is 4.04. The maximum atomic E-state index is 12.8. The Morgan fingerprint density at radius 2 is 1.94 bits per heavy atom. The second-order valence-electron chi connectivity index (χ2n) is 6.79.